The third-order valence-electron chi connectivity index (χ3n) is 3.70. The Morgan fingerprint density at radius 3 is 2.62 bits per heavy atom. The Bertz CT molecular complexity index is 583. The van der Waals surface area contributed by atoms with Gasteiger partial charge in [-0.15, -0.1) is 0 Å². The average molecular weight is 311 g/mol. The molecule has 0 saturated heterocycles. The molecule has 1 fully saturated rings. The average Bonchev–Trinajstić information content (AvgIpc) is 3.25. The van der Waals surface area contributed by atoms with E-state index in [9.17, 15) is 8.42 Å². The van der Waals surface area contributed by atoms with Crippen LogP contribution < -0.4 is 15.4 Å². The molecule has 21 heavy (non-hydrogen) atoms. The van der Waals surface area contributed by atoms with Gasteiger partial charge in [0.25, 0.3) is 0 Å². The zero-order valence-electron chi connectivity index (χ0n) is 12.8. The molecule has 0 bridgehead atoms. The SMILES string of the molecule is CCCCN(c1cc(S(=O)(=O)NCC)ccc1N)C1CC1. The van der Waals surface area contributed by atoms with Crippen molar-refractivity contribution in [3.63, 3.8) is 0 Å². The first-order chi connectivity index (χ1) is 9.99. The van der Waals surface area contributed by atoms with Crippen LogP contribution in [0.2, 0.25) is 0 Å². The van der Waals surface area contributed by atoms with Gasteiger partial charge in [-0.05, 0) is 37.5 Å². The van der Waals surface area contributed by atoms with Gasteiger partial charge >= 0.3 is 0 Å². The van der Waals surface area contributed by atoms with Crippen molar-refractivity contribution in [2.45, 2.75) is 50.5 Å². The molecule has 0 atom stereocenters. The highest BCUT2D eigenvalue weighted by Crippen LogP contribution is 2.36. The summed E-state index contributed by atoms with van der Waals surface area (Å²) in [5.74, 6) is 0. The van der Waals surface area contributed by atoms with Crippen LogP contribution in [-0.4, -0.2) is 27.5 Å². The molecule has 118 valence electrons. The maximum absolute atomic E-state index is 12.1. The molecule has 5 nitrogen and oxygen atoms in total. The number of sulfonamides is 1. The minimum Gasteiger partial charge on any atom is -0.397 e. The monoisotopic (exact) mass is 311 g/mol. The number of nitrogens with one attached hydrogen (secondary N) is 1. The number of unbranched alkanes of at least 4 members (excludes halogenated alkanes) is 1. The van der Waals surface area contributed by atoms with Gasteiger partial charge in [-0.2, -0.15) is 0 Å². The minimum absolute atomic E-state index is 0.288. The summed E-state index contributed by atoms with van der Waals surface area (Å²) in [6.07, 6.45) is 4.51. The van der Waals surface area contributed by atoms with E-state index in [1.165, 1.54) is 0 Å². The summed E-state index contributed by atoms with van der Waals surface area (Å²) in [6.45, 7) is 5.23. The number of nitrogen functional groups attached to an aromatic ring is 1. The first-order valence-corrected chi connectivity index (χ1v) is 9.13. The molecule has 2 rings (SSSR count). The van der Waals surface area contributed by atoms with Crippen molar-refractivity contribution in [3.8, 4) is 0 Å². The molecule has 0 aromatic heterocycles. The summed E-state index contributed by atoms with van der Waals surface area (Å²) < 4.78 is 26.8. The Labute approximate surface area is 127 Å². The van der Waals surface area contributed by atoms with E-state index in [4.69, 9.17) is 5.73 Å². The van der Waals surface area contributed by atoms with Crippen LogP contribution >= 0.6 is 0 Å². The van der Waals surface area contributed by atoms with E-state index < -0.39 is 10.0 Å². The highest BCUT2D eigenvalue weighted by atomic mass is 32.2. The molecule has 0 radical (unpaired) electrons. The molecule has 6 heteroatoms. The summed E-state index contributed by atoms with van der Waals surface area (Å²) in [7, 11) is -3.44. The molecular formula is C15H25N3O2S. The molecule has 1 aliphatic rings. The van der Waals surface area contributed by atoms with Gasteiger partial charge in [0.2, 0.25) is 10.0 Å². The number of anilines is 2. The maximum atomic E-state index is 12.1. The van der Waals surface area contributed by atoms with Gasteiger partial charge in [0.05, 0.1) is 16.3 Å². The molecule has 0 aliphatic heterocycles. The number of benzene rings is 1. The highest BCUT2D eigenvalue weighted by Gasteiger charge is 2.30. The summed E-state index contributed by atoms with van der Waals surface area (Å²) >= 11 is 0. The smallest absolute Gasteiger partial charge is 0.240 e. The van der Waals surface area contributed by atoms with E-state index in [-0.39, 0.29) is 4.90 Å². The number of rotatable bonds is 8. The van der Waals surface area contributed by atoms with Gasteiger partial charge in [0, 0.05) is 19.1 Å². The van der Waals surface area contributed by atoms with Crippen LogP contribution in [0.15, 0.2) is 23.1 Å². The van der Waals surface area contributed by atoms with Crippen molar-refractivity contribution >= 4 is 21.4 Å². The van der Waals surface area contributed by atoms with Crippen LogP contribution in [-0.2, 0) is 10.0 Å². The van der Waals surface area contributed by atoms with Gasteiger partial charge in [0.1, 0.15) is 0 Å². The lowest BCUT2D eigenvalue weighted by Crippen LogP contribution is -2.28. The molecule has 1 aromatic carbocycles. The molecule has 1 aliphatic carbocycles. The number of hydrogen-bond donors (Lipinski definition) is 2. The topological polar surface area (TPSA) is 75.4 Å². The fourth-order valence-corrected chi connectivity index (χ4v) is 3.49. The number of nitrogens with zero attached hydrogens (tertiary/aromatic N) is 1. The van der Waals surface area contributed by atoms with Gasteiger partial charge in [-0.1, -0.05) is 20.3 Å². The predicted molar refractivity (Wildman–Crippen MR) is 87.0 cm³/mol. The quantitative estimate of drug-likeness (QED) is 0.723. The molecule has 0 spiro atoms. The van der Waals surface area contributed by atoms with E-state index in [0.717, 1.165) is 37.9 Å². The number of hydrogen-bond acceptors (Lipinski definition) is 4. The van der Waals surface area contributed by atoms with Gasteiger partial charge < -0.3 is 10.6 Å². The van der Waals surface area contributed by atoms with E-state index in [1.54, 1.807) is 25.1 Å². The Morgan fingerprint density at radius 2 is 2.05 bits per heavy atom. The van der Waals surface area contributed by atoms with Crippen molar-refractivity contribution in [1.29, 1.82) is 0 Å². The first kappa shape index (κ1) is 16.1. The molecule has 0 unspecified atom stereocenters. The van der Waals surface area contributed by atoms with Crippen LogP contribution in [0.25, 0.3) is 0 Å². The zero-order valence-corrected chi connectivity index (χ0v) is 13.6. The number of nitrogens with two attached hydrogens (primary N) is 1. The largest absolute Gasteiger partial charge is 0.397 e. The molecule has 1 saturated carbocycles. The van der Waals surface area contributed by atoms with Crippen molar-refractivity contribution < 1.29 is 8.42 Å². The summed E-state index contributed by atoms with van der Waals surface area (Å²) in [5.41, 5.74) is 7.59. The fourth-order valence-electron chi connectivity index (χ4n) is 2.43. The van der Waals surface area contributed by atoms with E-state index in [0.29, 0.717) is 18.3 Å². The van der Waals surface area contributed by atoms with Gasteiger partial charge in [0.15, 0.2) is 0 Å². The minimum atomic E-state index is -3.44. The maximum Gasteiger partial charge on any atom is 0.240 e. The van der Waals surface area contributed by atoms with Crippen LogP contribution in [0.4, 0.5) is 11.4 Å². The normalized spacial score (nSPS) is 15.1. The molecule has 0 amide bonds. The standard InChI is InChI=1S/C15H25N3O2S/c1-3-5-10-18(12-6-7-12)15-11-13(8-9-14(15)16)21(19,20)17-4-2/h8-9,11-12,17H,3-7,10,16H2,1-2H3. The molecule has 0 heterocycles. The second-order valence-electron chi connectivity index (χ2n) is 5.50. The second-order valence-corrected chi connectivity index (χ2v) is 7.27. The Hall–Kier alpha value is -1.27. The predicted octanol–water partition coefficient (Wildman–Crippen LogP) is 2.34. The van der Waals surface area contributed by atoms with Gasteiger partial charge in [-0.3, -0.25) is 0 Å². The Kier molecular flexibility index (Phi) is 5.11. The third-order valence-corrected chi connectivity index (χ3v) is 5.24. The third kappa shape index (κ3) is 3.89. The van der Waals surface area contributed by atoms with E-state index >= 15 is 0 Å². The summed E-state index contributed by atoms with van der Waals surface area (Å²) in [6, 6.07) is 5.49. The summed E-state index contributed by atoms with van der Waals surface area (Å²) in [4.78, 5) is 2.56. The van der Waals surface area contributed by atoms with Crippen molar-refractivity contribution in [1.82, 2.24) is 4.72 Å². The Balaban J connectivity index is 2.33. The highest BCUT2D eigenvalue weighted by molar-refractivity contribution is 7.89. The second kappa shape index (κ2) is 6.66. The lowest BCUT2D eigenvalue weighted by Gasteiger charge is -2.26. The van der Waals surface area contributed by atoms with Crippen molar-refractivity contribution in [2.75, 3.05) is 23.7 Å². The lowest BCUT2D eigenvalue weighted by atomic mass is 10.2. The fraction of sp³-hybridized carbons (Fsp3) is 0.600. The van der Waals surface area contributed by atoms with Crippen LogP contribution in [0, 0.1) is 0 Å². The van der Waals surface area contributed by atoms with Crippen LogP contribution in [0.1, 0.15) is 39.5 Å². The van der Waals surface area contributed by atoms with E-state index in [1.807, 2.05) is 0 Å². The van der Waals surface area contributed by atoms with Gasteiger partial charge in [-0.25, -0.2) is 13.1 Å². The Morgan fingerprint density at radius 1 is 1.33 bits per heavy atom. The van der Waals surface area contributed by atoms with Crippen molar-refractivity contribution in [3.05, 3.63) is 18.2 Å². The molecular weight excluding hydrogens is 286 g/mol. The van der Waals surface area contributed by atoms with Crippen LogP contribution in [0.5, 0.6) is 0 Å². The van der Waals surface area contributed by atoms with Crippen molar-refractivity contribution in [2.24, 2.45) is 0 Å². The molecule has 3 N–H and O–H groups in total. The summed E-state index contributed by atoms with van der Waals surface area (Å²) in [5, 5.41) is 0. The van der Waals surface area contributed by atoms with Crippen LogP contribution in [0.3, 0.4) is 0 Å². The zero-order chi connectivity index (χ0) is 15.5. The first-order valence-electron chi connectivity index (χ1n) is 7.65. The lowest BCUT2D eigenvalue weighted by molar-refractivity contribution is 0.584. The molecule has 1 aromatic rings. The van der Waals surface area contributed by atoms with E-state index in [2.05, 4.69) is 16.5 Å².